The lowest BCUT2D eigenvalue weighted by atomic mass is 10.1. The molecule has 0 bridgehead atoms. The van der Waals surface area contributed by atoms with Crippen LogP contribution in [0.1, 0.15) is 22.3 Å². The van der Waals surface area contributed by atoms with E-state index in [2.05, 4.69) is 22.3 Å². The Morgan fingerprint density at radius 2 is 1.90 bits per heavy atom. The van der Waals surface area contributed by atoms with Gasteiger partial charge >= 0.3 is 0 Å². The van der Waals surface area contributed by atoms with Gasteiger partial charge in [0.15, 0.2) is 5.17 Å². The van der Waals surface area contributed by atoms with Crippen molar-refractivity contribution < 1.29 is 9.47 Å². The molecule has 0 aliphatic carbocycles. The summed E-state index contributed by atoms with van der Waals surface area (Å²) in [5, 5.41) is 9.31. The fraction of sp³-hybridized carbons (Fsp3) is 0.167. The third-order valence-electron chi connectivity index (χ3n) is 4.42. The first-order chi connectivity index (χ1) is 15.0. The Labute approximate surface area is 191 Å². The second-order valence-corrected chi connectivity index (χ2v) is 8.13. The highest BCUT2D eigenvalue weighted by molar-refractivity contribution is 8.13. The molecule has 0 unspecified atom stereocenters. The number of halogens is 1. The highest BCUT2D eigenvalue weighted by Crippen LogP contribution is 2.24. The third-order valence-corrected chi connectivity index (χ3v) is 5.70. The van der Waals surface area contributed by atoms with Gasteiger partial charge in [0.25, 0.3) is 0 Å². The Bertz CT molecular complexity index is 1070. The minimum absolute atomic E-state index is 0.351. The van der Waals surface area contributed by atoms with Crippen LogP contribution < -0.4 is 15.2 Å². The molecule has 0 amide bonds. The SMILES string of the molecule is COc1ccc(C=NN=C(N)SCc2ccccc2)cc1COc1ccc(Cl)c(C)c1. The average molecular weight is 454 g/mol. The maximum Gasteiger partial charge on any atom is 0.180 e. The van der Waals surface area contributed by atoms with E-state index in [1.54, 1.807) is 13.3 Å². The lowest BCUT2D eigenvalue weighted by Crippen LogP contribution is -2.06. The Morgan fingerprint density at radius 3 is 2.65 bits per heavy atom. The van der Waals surface area contributed by atoms with E-state index in [4.69, 9.17) is 26.8 Å². The number of hydrogen-bond donors (Lipinski definition) is 1. The number of nitrogens with zero attached hydrogens (tertiary/aromatic N) is 2. The zero-order valence-electron chi connectivity index (χ0n) is 17.4. The molecule has 0 saturated heterocycles. The lowest BCUT2D eigenvalue weighted by molar-refractivity contribution is 0.296. The summed E-state index contributed by atoms with van der Waals surface area (Å²) in [6, 6.07) is 21.4. The minimum atomic E-state index is 0.351. The molecule has 5 nitrogen and oxygen atoms in total. The summed E-state index contributed by atoms with van der Waals surface area (Å²) in [4.78, 5) is 0. The molecule has 0 atom stereocenters. The average Bonchev–Trinajstić information content (AvgIpc) is 2.79. The van der Waals surface area contributed by atoms with E-state index in [1.807, 2.05) is 61.5 Å². The third kappa shape index (κ3) is 7.05. The number of ether oxygens (including phenoxy) is 2. The fourth-order valence-electron chi connectivity index (χ4n) is 2.77. The van der Waals surface area contributed by atoms with Crippen LogP contribution in [0.2, 0.25) is 5.02 Å². The fourth-order valence-corrected chi connectivity index (χ4v) is 3.50. The molecule has 160 valence electrons. The molecular weight excluding hydrogens is 430 g/mol. The van der Waals surface area contributed by atoms with Crippen LogP contribution in [0.4, 0.5) is 0 Å². The molecular formula is C24H24ClN3O2S. The van der Waals surface area contributed by atoms with Crippen LogP contribution in [0, 0.1) is 6.92 Å². The number of nitrogens with two attached hydrogens (primary N) is 1. The van der Waals surface area contributed by atoms with Crippen LogP contribution in [0.25, 0.3) is 0 Å². The van der Waals surface area contributed by atoms with E-state index in [9.17, 15) is 0 Å². The normalized spacial score (nSPS) is 11.6. The molecule has 31 heavy (non-hydrogen) atoms. The van der Waals surface area contributed by atoms with Crippen LogP contribution in [-0.4, -0.2) is 18.5 Å². The smallest absolute Gasteiger partial charge is 0.180 e. The predicted octanol–water partition coefficient (Wildman–Crippen LogP) is 5.82. The molecule has 0 aromatic heterocycles. The summed E-state index contributed by atoms with van der Waals surface area (Å²) in [6.45, 7) is 2.29. The Kier molecular flexibility index (Phi) is 8.38. The number of benzene rings is 3. The molecule has 0 spiro atoms. The number of amidine groups is 1. The summed E-state index contributed by atoms with van der Waals surface area (Å²) in [5.41, 5.74) is 9.87. The van der Waals surface area contributed by atoms with Gasteiger partial charge in [-0.2, -0.15) is 5.10 Å². The molecule has 3 rings (SSSR count). The quantitative estimate of drug-likeness (QED) is 0.265. The van der Waals surface area contributed by atoms with Gasteiger partial charge in [0, 0.05) is 16.3 Å². The van der Waals surface area contributed by atoms with Crippen LogP contribution in [0.15, 0.2) is 76.9 Å². The van der Waals surface area contributed by atoms with Gasteiger partial charge in [-0.3, -0.25) is 0 Å². The number of methoxy groups -OCH3 is 1. The molecule has 0 heterocycles. The summed E-state index contributed by atoms with van der Waals surface area (Å²) in [7, 11) is 1.63. The van der Waals surface area contributed by atoms with Crippen molar-refractivity contribution in [2.75, 3.05) is 7.11 Å². The highest BCUT2D eigenvalue weighted by Gasteiger charge is 2.06. The zero-order valence-corrected chi connectivity index (χ0v) is 19.0. The number of hydrogen-bond acceptors (Lipinski definition) is 5. The molecule has 0 aliphatic heterocycles. The van der Waals surface area contributed by atoms with Crippen molar-refractivity contribution >= 4 is 34.7 Å². The van der Waals surface area contributed by atoms with Gasteiger partial charge in [0.1, 0.15) is 18.1 Å². The van der Waals surface area contributed by atoms with Gasteiger partial charge in [0.2, 0.25) is 0 Å². The van der Waals surface area contributed by atoms with E-state index in [1.165, 1.54) is 17.3 Å². The predicted molar refractivity (Wildman–Crippen MR) is 130 cm³/mol. The number of aryl methyl sites for hydroxylation is 1. The van der Waals surface area contributed by atoms with Crippen LogP contribution >= 0.6 is 23.4 Å². The largest absolute Gasteiger partial charge is 0.496 e. The topological polar surface area (TPSA) is 69.2 Å². The molecule has 2 N–H and O–H groups in total. The van der Waals surface area contributed by atoms with Crippen molar-refractivity contribution in [3.8, 4) is 11.5 Å². The Balaban J connectivity index is 1.62. The maximum atomic E-state index is 6.08. The van der Waals surface area contributed by atoms with Crippen molar-refractivity contribution in [1.29, 1.82) is 0 Å². The van der Waals surface area contributed by atoms with E-state index in [0.29, 0.717) is 16.8 Å². The summed E-state index contributed by atoms with van der Waals surface area (Å²) in [6.07, 6.45) is 1.66. The van der Waals surface area contributed by atoms with Gasteiger partial charge in [-0.05, 0) is 60.0 Å². The molecule has 0 radical (unpaired) electrons. The second kappa shape index (κ2) is 11.4. The molecule has 3 aromatic carbocycles. The van der Waals surface area contributed by atoms with Gasteiger partial charge < -0.3 is 15.2 Å². The van der Waals surface area contributed by atoms with Crippen LogP contribution in [-0.2, 0) is 12.4 Å². The first kappa shape index (κ1) is 22.7. The minimum Gasteiger partial charge on any atom is -0.496 e. The maximum absolute atomic E-state index is 6.08. The van der Waals surface area contributed by atoms with E-state index in [-0.39, 0.29) is 0 Å². The molecule has 0 aliphatic rings. The summed E-state index contributed by atoms with van der Waals surface area (Å²) >= 11 is 7.52. The Morgan fingerprint density at radius 1 is 1.10 bits per heavy atom. The van der Waals surface area contributed by atoms with E-state index < -0.39 is 0 Å². The van der Waals surface area contributed by atoms with Crippen molar-refractivity contribution in [1.82, 2.24) is 0 Å². The van der Waals surface area contributed by atoms with Gasteiger partial charge in [0.05, 0.1) is 13.3 Å². The van der Waals surface area contributed by atoms with Crippen LogP contribution in [0.5, 0.6) is 11.5 Å². The number of thioether (sulfide) groups is 1. The first-order valence-electron chi connectivity index (χ1n) is 9.64. The van der Waals surface area contributed by atoms with Crippen molar-refractivity contribution in [3.05, 3.63) is 94.0 Å². The lowest BCUT2D eigenvalue weighted by Gasteiger charge is -2.12. The van der Waals surface area contributed by atoms with Gasteiger partial charge in [-0.25, -0.2) is 0 Å². The molecule has 0 fully saturated rings. The zero-order chi connectivity index (χ0) is 22.1. The van der Waals surface area contributed by atoms with Crippen molar-refractivity contribution in [3.63, 3.8) is 0 Å². The Hall–Kier alpha value is -2.96. The van der Waals surface area contributed by atoms with E-state index in [0.717, 1.165) is 33.9 Å². The molecule has 0 saturated carbocycles. The number of rotatable bonds is 8. The summed E-state index contributed by atoms with van der Waals surface area (Å²) < 4.78 is 11.4. The van der Waals surface area contributed by atoms with Crippen LogP contribution in [0.3, 0.4) is 0 Å². The van der Waals surface area contributed by atoms with Gasteiger partial charge in [-0.15, -0.1) is 5.10 Å². The monoisotopic (exact) mass is 453 g/mol. The van der Waals surface area contributed by atoms with E-state index >= 15 is 0 Å². The molecule has 3 aromatic rings. The van der Waals surface area contributed by atoms with Crippen molar-refractivity contribution in [2.24, 2.45) is 15.9 Å². The van der Waals surface area contributed by atoms with Crippen molar-refractivity contribution in [2.45, 2.75) is 19.3 Å². The summed E-state index contributed by atoms with van der Waals surface area (Å²) in [5.74, 6) is 2.24. The van der Waals surface area contributed by atoms with Gasteiger partial charge in [-0.1, -0.05) is 53.7 Å². The second-order valence-electron chi connectivity index (χ2n) is 6.73. The first-order valence-corrected chi connectivity index (χ1v) is 11.0. The molecule has 7 heteroatoms. The highest BCUT2D eigenvalue weighted by atomic mass is 35.5. The standard InChI is InChI=1S/C24H24ClN3O2S/c1-17-12-21(9-10-22(17)25)30-15-20-13-19(8-11-23(20)29-2)14-27-28-24(26)31-16-18-6-4-3-5-7-18/h3-14H,15-16H2,1-2H3,(H2,26,28).